The first kappa shape index (κ1) is 19.0. The number of ether oxygens (including phenoxy) is 3. The zero-order valence-corrected chi connectivity index (χ0v) is 16.7. The van der Waals surface area contributed by atoms with E-state index in [-0.39, 0.29) is 24.3 Å². The molecule has 0 radical (unpaired) electrons. The summed E-state index contributed by atoms with van der Waals surface area (Å²) in [7, 11) is 1.65. The summed E-state index contributed by atoms with van der Waals surface area (Å²) in [5, 5.41) is 3.46. The van der Waals surface area contributed by atoms with Gasteiger partial charge in [0, 0.05) is 0 Å². The van der Waals surface area contributed by atoms with Gasteiger partial charge in [-0.25, -0.2) is 4.99 Å². The zero-order chi connectivity index (χ0) is 19.6. The molecule has 28 heavy (non-hydrogen) atoms. The maximum atomic E-state index is 6.36. The summed E-state index contributed by atoms with van der Waals surface area (Å²) in [6.07, 6.45) is 1.31. The summed E-state index contributed by atoms with van der Waals surface area (Å²) in [6, 6.07) is 21.3. The van der Waals surface area contributed by atoms with E-state index in [1.807, 2.05) is 26.0 Å². The van der Waals surface area contributed by atoms with Crippen LogP contribution in [0.2, 0.25) is 0 Å². The van der Waals surface area contributed by atoms with E-state index in [0.717, 1.165) is 12.8 Å². The van der Waals surface area contributed by atoms with Crippen molar-refractivity contribution in [1.29, 1.82) is 0 Å². The summed E-state index contributed by atoms with van der Waals surface area (Å²) >= 11 is 0. The molecule has 0 aromatic heterocycles. The Labute approximate surface area is 166 Å². The Morgan fingerprint density at radius 3 is 2.07 bits per heavy atom. The molecule has 0 bridgehead atoms. The van der Waals surface area contributed by atoms with Gasteiger partial charge in [0.05, 0.1) is 19.2 Å². The minimum absolute atomic E-state index is 0.00801. The van der Waals surface area contributed by atoms with Gasteiger partial charge in [0.15, 0.2) is 5.79 Å². The van der Waals surface area contributed by atoms with Gasteiger partial charge < -0.3 is 19.5 Å². The molecule has 4 atom stereocenters. The Morgan fingerprint density at radius 1 is 0.893 bits per heavy atom. The Morgan fingerprint density at radius 2 is 1.46 bits per heavy atom. The monoisotopic (exact) mass is 380 g/mol. The maximum Gasteiger partial charge on any atom is 0.285 e. The molecule has 4 rings (SSSR count). The molecule has 0 spiro atoms. The normalized spacial score (nSPS) is 28.6. The van der Waals surface area contributed by atoms with E-state index in [1.165, 1.54) is 11.1 Å². The van der Waals surface area contributed by atoms with Gasteiger partial charge in [-0.15, -0.1) is 0 Å². The van der Waals surface area contributed by atoms with Crippen LogP contribution in [0.15, 0.2) is 65.7 Å². The van der Waals surface area contributed by atoms with Gasteiger partial charge in [0.2, 0.25) is 0 Å². The number of benzene rings is 2. The zero-order valence-electron chi connectivity index (χ0n) is 16.7. The highest BCUT2D eigenvalue weighted by molar-refractivity contribution is 5.74. The minimum Gasteiger partial charge on any atom is -0.469 e. The Kier molecular flexibility index (Phi) is 5.38. The third-order valence-electron chi connectivity index (χ3n) is 5.31. The number of nitrogens with one attached hydrogen (secondary N) is 1. The molecule has 2 aromatic carbocycles. The molecule has 1 fully saturated rings. The van der Waals surface area contributed by atoms with E-state index in [1.54, 1.807) is 7.11 Å². The Balaban J connectivity index is 1.64. The second kappa shape index (κ2) is 7.94. The van der Waals surface area contributed by atoms with Crippen LogP contribution in [-0.4, -0.2) is 43.2 Å². The highest BCUT2D eigenvalue weighted by atomic mass is 16.8. The molecule has 2 heterocycles. The third-order valence-corrected chi connectivity index (χ3v) is 5.31. The molecule has 4 unspecified atom stereocenters. The predicted molar refractivity (Wildman–Crippen MR) is 109 cm³/mol. The lowest BCUT2D eigenvalue weighted by atomic mass is 9.92. The van der Waals surface area contributed by atoms with Crippen molar-refractivity contribution in [2.24, 2.45) is 4.99 Å². The molecule has 0 amide bonds. The van der Waals surface area contributed by atoms with E-state index in [4.69, 9.17) is 19.2 Å². The molecule has 5 heteroatoms. The van der Waals surface area contributed by atoms with Gasteiger partial charge >= 0.3 is 0 Å². The van der Waals surface area contributed by atoms with E-state index >= 15 is 0 Å². The Hall–Kier alpha value is -2.37. The summed E-state index contributed by atoms with van der Waals surface area (Å²) in [5.41, 5.74) is 2.46. The fourth-order valence-corrected chi connectivity index (χ4v) is 4.09. The number of hydrogen-bond acceptors (Lipinski definition) is 5. The van der Waals surface area contributed by atoms with Gasteiger partial charge in [-0.05, 0) is 37.8 Å². The quantitative estimate of drug-likeness (QED) is 0.884. The van der Waals surface area contributed by atoms with Crippen LogP contribution in [0.3, 0.4) is 0 Å². The summed E-state index contributed by atoms with van der Waals surface area (Å²) in [4.78, 5) is 4.87. The highest BCUT2D eigenvalue weighted by Gasteiger charge is 2.50. The maximum absolute atomic E-state index is 6.36. The summed E-state index contributed by atoms with van der Waals surface area (Å²) < 4.78 is 18.3. The van der Waals surface area contributed by atoms with Crippen molar-refractivity contribution in [3.8, 4) is 0 Å². The fourth-order valence-electron chi connectivity index (χ4n) is 4.09. The number of fused-ring (bicyclic) bond motifs is 1. The van der Waals surface area contributed by atoms with Crippen molar-refractivity contribution >= 4 is 6.02 Å². The third kappa shape index (κ3) is 4.21. The SMILES string of the molecule is COC1=NC(Cc2ccccc2)C2OC(C)(C)OC2C(Cc2ccccc2)N1. The predicted octanol–water partition coefficient (Wildman–Crippen LogP) is 3.33. The lowest BCUT2D eigenvalue weighted by Crippen LogP contribution is -2.48. The molecule has 5 nitrogen and oxygen atoms in total. The van der Waals surface area contributed by atoms with E-state index in [0.29, 0.717) is 6.02 Å². The van der Waals surface area contributed by atoms with Gasteiger partial charge in [-0.3, -0.25) is 0 Å². The smallest absolute Gasteiger partial charge is 0.285 e. The lowest BCUT2D eigenvalue weighted by Gasteiger charge is -2.27. The van der Waals surface area contributed by atoms with Crippen LogP contribution >= 0.6 is 0 Å². The molecule has 1 saturated heterocycles. The highest BCUT2D eigenvalue weighted by Crippen LogP contribution is 2.35. The molecule has 2 aliphatic rings. The average Bonchev–Trinajstić information content (AvgIpc) is 2.97. The first-order chi connectivity index (χ1) is 13.5. The molecular weight excluding hydrogens is 352 g/mol. The largest absolute Gasteiger partial charge is 0.469 e. The first-order valence-electron chi connectivity index (χ1n) is 9.86. The van der Waals surface area contributed by atoms with Crippen molar-refractivity contribution in [3.05, 3.63) is 71.8 Å². The number of rotatable bonds is 4. The van der Waals surface area contributed by atoms with Gasteiger partial charge in [-0.1, -0.05) is 60.7 Å². The number of methoxy groups -OCH3 is 1. The van der Waals surface area contributed by atoms with Gasteiger partial charge in [0.25, 0.3) is 6.02 Å². The number of aliphatic imine (C=N–C) groups is 1. The van der Waals surface area contributed by atoms with Crippen LogP contribution < -0.4 is 5.32 Å². The lowest BCUT2D eigenvalue weighted by molar-refractivity contribution is -0.150. The molecule has 0 aliphatic carbocycles. The number of amidine groups is 1. The molecule has 2 aliphatic heterocycles. The van der Waals surface area contributed by atoms with Crippen LogP contribution in [0.5, 0.6) is 0 Å². The van der Waals surface area contributed by atoms with Crippen molar-refractivity contribution in [2.45, 2.75) is 56.8 Å². The average molecular weight is 380 g/mol. The Bertz CT molecular complexity index is 807. The second-order valence-electron chi connectivity index (χ2n) is 7.90. The van der Waals surface area contributed by atoms with Crippen LogP contribution in [0.4, 0.5) is 0 Å². The fraction of sp³-hybridized carbons (Fsp3) is 0.435. The minimum atomic E-state index is -0.638. The molecular formula is C23H28N2O3. The topological polar surface area (TPSA) is 52.1 Å². The number of nitrogens with zero attached hydrogens (tertiary/aromatic N) is 1. The first-order valence-corrected chi connectivity index (χ1v) is 9.86. The van der Waals surface area contributed by atoms with Crippen molar-refractivity contribution in [2.75, 3.05) is 7.11 Å². The van der Waals surface area contributed by atoms with Crippen molar-refractivity contribution < 1.29 is 14.2 Å². The van der Waals surface area contributed by atoms with Crippen molar-refractivity contribution in [3.63, 3.8) is 0 Å². The van der Waals surface area contributed by atoms with Crippen LogP contribution in [0.1, 0.15) is 25.0 Å². The molecule has 2 aromatic rings. The molecule has 0 saturated carbocycles. The van der Waals surface area contributed by atoms with E-state index < -0.39 is 5.79 Å². The molecule has 148 valence electrons. The number of hydrogen-bond donors (Lipinski definition) is 1. The van der Waals surface area contributed by atoms with Crippen LogP contribution in [0.25, 0.3) is 0 Å². The van der Waals surface area contributed by atoms with Gasteiger partial charge in [-0.2, -0.15) is 0 Å². The van der Waals surface area contributed by atoms with Crippen LogP contribution in [-0.2, 0) is 27.1 Å². The second-order valence-corrected chi connectivity index (χ2v) is 7.90. The standard InChI is InChI=1S/C23H28N2O3/c1-23(2)27-20-18(14-16-10-6-4-7-11-16)24-22(26-3)25-19(21(20)28-23)15-17-12-8-5-9-13-17/h4-13,18-21H,14-15H2,1-3H3,(H,24,25). The van der Waals surface area contributed by atoms with Crippen molar-refractivity contribution in [1.82, 2.24) is 5.32 Å². The van der Waals surface area contributed by atoms with Crippen LogP contribution in [0, 0.1) is 0 Å². The van der Waals surface area contributed by atoms with Gasteiger partial charge in [0.1, 0.15) is 12.2 Å². The molecule has 1 N–H and O–H groups in total. The van der Waals surface area contributed by atoms with E-state index in [2.05, 4.69) is 53.8 Å². The summed E-state index contributed by atoms with van der Waals surface area (Å²) in [6.45, 7) is 3.95. The summed E-state index contributed by atoms with van der Waals surface area (Å²) in [5.74, 6) is -0.638. The van der Waals surface area contributed by atoms with E-state index in [9.17, 15) is 0 Å².